The maximum absolute atomic E-state index is 12.1. The van der Waals surface area contributed by atoms with Crippen molar-refractivity contribution in [1.82, 2.24) is 5.32 Å². The molecule has 1 unspecified atom stereocenters. The van der Waals surface area contributed by atoms with Crippen molar-refractivity contribution in [3.63, 3.8) is 0 Å². The summed E-state index contributed by atoms with van der Waals surface area (Å²) in [5.74, 6) is -1.25. The van der Waals surface area contributed by atoms with Gasteiger partial charge in [-0.2, -0.15) is 5.26 Å². The molecule has 1 aromatic carbocycles. The summed E-state index contributed by atoms with van der Waals surface area (Å²) in [5, 5.41) is 11.3. The number of esters is 2. The van der Waals surface area contributed by atoms with Gasteiger partial charge in [-0.05, 0) is 18.1 Å². The lowest BCUT2D eigenvalue weighted by molar-refractivity contribution is -0.149. The van der Waals surface area contributed by atoms with Gasteiger partial charge in [0, 0.05) is 25.7 Å². The summed E-state index contributed by atoms with van der Waals surface area (Å²) in [5.41, 5.74) is 0.998. The minimum atomic E-state index is -0.658. The van der Waals surface area contributed by atoms with E-state index < -0.39 is 18.7 Å². The van der Waals surface area contributed by atoms with E-state index in [0.717, 1.165) is 5.56 Å². The second kappa shape index (κ2) is 8.73. The average Bonchev–Trinajstić information content (AvgIpc) is 2.58. The summed E-state index contributed by atoms with van der Waals surface area (Å²) in [7, 11) is 0.208. The molecule has 8 nitrogen and oxygen atoms in total. The number of nitrogens with one attached hydrogen (secondary N) is 1. The van der Waals surface area contributed by atoms with Crippen molar-refractivity contribution < 1.29 is 28.5 Å². The maximum atomic E-state index is 12.1. The molecule has 0 aromatic heterocycles. The summed E-state index contributed by atoms with van der Waals surface area (Å²) in [6.07, 6.45) is 0.801. The Labute approximate surface area is 145 Å². The lowest BCUT2D eigenvalue weighted by Crippen LogP contribution is -2.45. The lowest BCUT2D eigenvalue weighted by Gasteiger charge is -2.26. The van der Waals surface area contributed by atoms with E-state index in [1.807, 2.05) is 6.07 Å². The van der Waals surface area contributed by atoms with Gasteiger partial charge in [0.1, 0.15) is 11.3 Å². The number of nitrogens with zero attached hydrogens (tertiary/aromatic N) is 1. The topological polar surface area (TPSA) is 115 Å². The van der Waals surface area contributed by atoms with E-state index in [2.05, 4.69) is 10.1 Å². The zero-order valence-corrected chi connectivity index (χ0v) is 13.7. The lowest BCUT2D eigenvalue weighted by atomic mass is 9.79. The van der Waals surface area contributed by atoms with Crippen molar-refractivity contribution in [3.05, 3.63) is 29.3 Å². The molecular formula is C16H17BN2O6. The van der Waals surface area contributed by atoms with Crippen molar-refractivity contribution in [1.29, 1.82) is 5.26 Å². The number of hydrogen-bond donors (Lipinski definition) is 1. The molecule has 1 aliphatic rings. The number of rotatable bonds is 6. The van der Waals surface area contributed by atoms with E-state index in [1.165, 1.54) is 6.92 Å². The van der Waals surface area contributed by atoms with E-state index in [4.69, 9.17) is 14.7 Å². The van der Waals surface area contributed by atoms with Crippen LogP contribution in [0.3, 0.4) is 0 Å². The zero-order valence-electron chi connectivity index (χ0n) is 13.7. The first-order chi connectivity index (χ1) is 12.0. The third-order valence-electron chi connectivity index (χ3n) is 3.49. The molecule has 130 valence electrons. The predicted molar refractivity (Wildman–Crippen MR) is 86.7 cm³/mol. The smallest absolute Gasteiger partial charge is 0.363 e. The Bertz CT molecular complexity index is 715. The van der Waals surface area contributed by atoms with Gasteiger partial charge in [0.15, 0.2) is 0 Å². The number of carbonyl (C=O) groups is 3. The van der Waals surface area contributed by atoms with E-state index in [0.29, 0.717) is 12.2 Å². The van der Waals surface area contributed by atoms with Crippen LogP contribution in [0.5, 0.6) is 5.75 Å². The molecule has 0 fully saturated rings. The number of nitriles is 1. The minimum Gasteiger partial charge on any atom is -0.561 e. The minimum absolute atomic E-state index is 0.141. The quantitative estimate of drug-likeness (QED) is 0.451. The van der Waals surface area contributed by atoms with Crippen LogP contribution in [0.25, 0.3) is 0 Å². The van der Waals surface area contributed by atoms with Crippen LogP contribution in [0.15, 0.2) is 18.2 Å². The van der Waals surface area contributed by atoms with Crippen molar-refractivity contribution in [2.24, 2.45) is 0 Å². The second-order valence-corrected chi connectivity index (χ2v) is 5.42. The standard InChI is InChI=1S/C16H17BN2O6/c1-10(20)23-9-24-16(22)12-5-2-4-11-8-13(17-25-15(11)12)19-14(21)6-3-7-18/h2,4-5,13,17H,3,6,8-9H2,1H3,(H,19,21). The molecule has 1 N–H and O–H groups in total. The second-order valence-electron chi connectivity index (χ2n) is 5.42. The van der Waals surface area contributed by atoms with Crippen LogP contribution in [0.2, 0.25) is 0 Å². The molecule has 1 amide bonds. The highest BCUT2D eigenvalue weighted by molar-refractivity contribution is 6.32. The number of ether oxygens (including phenoxy) is 2. The molecule has 2 rings (SSSR count). The van der Waals surface area contributed by atoms with Gasteiger partial charge >= 0.3 is 19.4 Å². The van der Waals surface area contributed by atoms with Gasteiger partial charge < -0.3 is 19.4 Å². The molecule has 25 heavy (non-hydrogen) atoms. The number of benzene rings is 1. The fourth-order valence-electron chi connectivity index (χ4n) is 2.39. The van der Waals surface area contributed by atoms with Crippen LogP contribution in [-0.2, 0) is 25.5 Å². The molecule has 1 heterocycles. The van der Waals surface area contributed by atoms with Gasteiger partial charge in [0.05, 0.1) is 6.07 Å². The van der Waals surface area contributed by atoms with Gasteiger partial charge in [-0.25, -0.2) is 4.79 Å². The number of fused-ring (bicyclic) bond motifs is 1. The fourth-order valence-corrected chi connectivity index (χ4v) is 2.39. The van der Waals surface area contributed by atoms with Crippen molar-refractivity contribution >= 4 is 25.3 Å². The van der Waals surface area contributed by atoms with E-state index >= 15 is 0 Å². The Morgan fingerprint density at radius 1 is 1.40 bits per heavy atom. The van der Waals surface area contributed by atoms with Gasteiger partial charge in [-0.3, -0.25) is 9.59 Å². The van der Waals surface area contributed by atoms with Crippen molar-refractivity contribution in [3.8, 4) is 11.8 Å². The molecular weight excluding hydrogens is 327 g/mol. The molecule has 1 atom stereocenters. The molecule has 0 saturated carbocycles. The van der Waals surface area contributed by atoms with Gasteiger partial charge in [-0.1, -0.05) is 12.1 Å². The van der Waals surface area contributed by atoms with Gasteiger partial charge in [0.2, 0.25) is 12.7 Å². The number of carbonyl (C=O) groups excluding carboxylic acids is 3. The van der Waals surface area contributed by atoms with E-state index in [1.54, 1.807) is 18.2 Å². The normalized spacial score (nSPS) is 14.8. The van der Waals surface area contributed by atoms with Crippen LogP contribution in [0, 0.1) is 11.3 Å². The predicted octanol–water partition coefficient (Wildman–Crippen LogP) is 0.396. The third kappa shape index (κ3) is 5.24. The molecule has 9 heteroatoms. The van der Waals surface area contributed by atoms with Gasteiger partial charge in [0.25, 0.3) is 0 Å². The first-order valence-electron chi connectivity index (χ1n) is 7.72. The Kier molecular flexibility index (Phi) is 6.40. The average molecular weight is 344 g/mol. The Hall–Kier alpha value is -3.02. The number of hydrogen-bond acceptors (Lipinski definition) is 7. The molecule has 1 aliphatic heterocycles. The monoisotopic (exact) mass is 344 g/mol. The van der Waals surface area contributed by atoms with Crippen molar-refractivity contribution in [2.75, 3.05) is 6.79 Å². The molecule has 0 radical (unpaired) electrons. The Balaban J connectivity index is 1.99. The first-order valence-corrected chi connectivity index (χ1v) is 7.72. The Morgan fingerprint density at radius 3 is 2.92 bits per heavy atom. The number of para-hydroxylation sites is 1. The highest BCUT2D eigenvalue weighted by Crippen LogP contribution is 2.29. The molecule has 1 aromatic rings. The SMILES string of the molecule is CC(=O)OCOC(=O)c1cccc2c1OBC(NC(=O)CCC#N)C2. The molecule has 0 saturated heterocycles. The zero-order chi connectivity index (χ0) is 18.2. The highest BCUT2D eigenvalue weighted by atomic mass is 16.7. The van der Waals surface area contributed by atoms with Crippen molar-refractivity contribution in [2.45, 2.75) is 32.1 Å². The van der Waals surface area contributed by atoms with Crippen LogP contribution in [-0.4, -0.2) is 38.1 Å². The summed E-state index contributed by atoms with van der Waals surface area (Å²) < 4.78 is 15.1. The summed E-state index contributed by atoms with van der Waals surface area (Å²) in [4.78, 5) is 34.5. The maximum Gasteiger partial charge on any atom is 0.363 e. The third-order valence-corrected chi connectivity index (χ3v) is 3.49. The van der Waals surface area contributed by atoms with Crippen LogP contribution >= 0.6 is 0 Å². The van der Waals surface area contributed by atoms with Gasteiger partial charge in [-0.15, -0.1) is 0 Å². The molecule has 0 bridgehead atoms. The van der Waals surface area contributed by atoms with Crippen LogP contribution < -0.4 is 9.97 Å². The summed E-state index contributed by atoms with van der Waals surface area (Å²) >= 11 is 0. The Morgan fingerprint density at radius 2 is 2.20 bits per heavy atom. The largest absolute Gasteiger partial charge is 0.561 e. The highest BCUT2D eigenvalue weighted by Gasteiger charge is 2.27. The summed E-state index contributed by atoms with van der Waals surface area (Å²) in [6, 6.07) is 6.96. The molecule has 0 aliphatic carbocycles. The summed E-state index contributed by atoms with van der Waals surface area (Å²) in [6.45, 7) is 0.752. The van der Waals surface area contributed by atoms with Crippen LogP contribution in [0.1, 0.15) is 35.7 Å². The van der Waals surface area contributed by atoms with E-state index in [-0.39, 0.29) is 37.7 Å². The number of amides is 1. The fraction of sp³-hybridized carbons (Fsp3) is 0.375. The van der Waals surface area contributed by atoms with Crippen LogP contribution in [0.4, 0.5) is 0 Å². The molecule has 0 spiro atoms. The van der Waals surface area contributed by atoms with E-state index in [9.17, 15) is 14.4 Å². The first kappa shape index (κ1) is 18.3.